The van der Waals surface area contributed by atoms with Crippen molar-refractivity contribution in [2.75, 3.05) is 25.5 Å². The van der Waals surface area contributed by atoms with E-state index < -0.39 is 0 Å². The topological polar surface area (TPSA) is 41.6 Å². The maximum absolute atomic E-state index is 11.9. The number of fused-ring (bicyclic) bond motifs is 1. The van der Waals surface area contributed by atoms with Gasteiger partial charge in [-0.1, -0.05) is 12.1 Å². The Bertz CT molecular complexity index is 473. The van der Waals surface area contributed by atoms with Crippen LogP contribution in [0.3, 0.4) is 0 Å². The van der Waals surface area contributed by atoms with Gasteiger partial charge in [0.15, 0.2) is 6.10 Å². The number of para-hydroxylation sites is 1. The van der Waals surface area contributed by atoms with E-state index in [9.17, 15) is 4.79 Å². The van der Waals surface area contributed by atoms with Gasteiger partial charge in [0.1, 0.15) is 5.75 Å². The fraction of sp³-hybridized carbons (Fsp3) is 0.500. The Morgan fingerprint density at radius 3 is 3.11 bits per heavy atom. The van der Waals surface area contributed by atoms with E-state index in [-0.39, 0.29) is 12.0 Å². The molecule has 1 saturated heterocycles. The minimum atomic E-state index is -0.315. The van der Waals surface area contributed by atoms with Gasteiger partial charge in [-0.3, -0.25) is 4.79 Å². The second-order valence-electron chi connectivity index (χ2n) is 4.98. The van der Waals surface area contributed by atoms with Crippen molar-refractivity contribution in [1.82, 2.24) is 4.90 Å². The average molecular weight is 246 g/mol. The minimum absolute atomic E-state index is 0.0865. The van der Waals surface area contributed by atoms with Gasteiger partial charge in [-0.25, -0.2) is 0 Å². The van der Waals surface area contributed by atoms with Crippen LogP contribution >= 0.6 is 0 Å². The summed E-state index contributed by atoms with van der Waals surface area (Å²) in [6.45, 7) is 1.76. The van der Waals surface area contributed by atoms with Crippen molar-refractivity contribution in [3.05, 3.63) is 23.8 Å². The molecule has 4 heteroatoms. The fourth-order valence-corrected chi connectivity index (χ4v) is 2.63. The zero-order valence-electron chi connectivity index (χ0n) is 10.6. The highest BCUT2D eigenvalue weighted by molar-refractivity contribution is 5.83. The van der Waals surface area contributed by atoms with Crippen LogP contribution < -0.4 is 10.1 Å². The number of nitrogens with one attached hydrogen (secondary N) is 1. The summed E-state index contributed by atoms with van der Waals surface area (Å²) in [5.74, 6) is 0.907. The molecule has 0 spiro atoms. The van der Waals surface area contributed by atoms with Gasteiger partial charge in [0, 0.05) is 26.6 Å². The quantitative estimate of drug-likeness (QED) is 0.862. The van der Waals surface area contributed by atoms with Crippen LogP contribution in [-0.4, -0.2) is 37.0 Å². The Morgan fingerprint density at radius 2 is 2.33 bits per heavy atom. The normalized spacial score (nSPS) is 22.6. The number of carbonyl (C=O) groups excluding carboxylic acids is 1. The highest BCUT2D eigenvalue weighted by Crippen LogP contribution is 2.33. The number of hydrogen-bond donors (Lipinski definition) is 1. The Morgan fingerprint density at radius 1 is 1.44 bits per heavy atom. The van der Waals surface area contributed by atoms with E-state index in [2.05, 4.69) is 11.4 Å². The van der Waals surface area contributed by atoms with Crippen molar-refractivity contribution in [2.24, 2.45) is 0 Å². The molecule has 1 unspecified atom stereocenters. The van der Waals surface area contributed by atoms with Crippen LogP contribution in [0.1, 0.15) is 18.4 Å². The Hall–Kier alpha value is -1.71. The number of likely N-dealkylation sites (N-methyl/N-ethyl adjacent to an activating group) is 1. The molecule has 2 heterocycles. The van der Waals surface area contributed by atoms with Gasteiger partial charge >= 0.3 is 0 Å². The molecule has 0 radical (unpaired) electrons. The Kier molecular flexibility index (Phi) is 2.86. The smallest absolute Gasteiger partial charge is 0.263 e. The van der Waals surface area contributed by atoms with Crippen molar-refractivity contribution in [2.45, 2.75) is 25.4 Å². The molecule has 1 amide bonds. The van der Waals surface area contributed by atoms with E-state index in [0.717, 1.165) is 43.8 Å². The molecule has 1 fully saturated rings. The van der Waals surface area contributed by atoms with Crippen molar-refractivity contribution in [3.63, 3.8) is 0 Å². The lowest BCUT2D eigenvalue weighted by Gasteiger charge is -2.22. The monoisotopic (exact) mass is 246 g/mol. The fourth-order valence-electron chi connectivity index (χ4n) is 2.63. The molecular formula is C14H18N2O2. The molecule has 0 saturated carbocycles. The zero-order chi connectivity index (χ0) is 12.5. The first-order valence-electron chi connectivity index (χ1n) is 6.53. The maximum atomic E-state index is 11.9. The lowest BCUT2D eigenvalue weighted by Crippen LogP contribution is -2.29. The third-order valence-electron chi connectivity index (χ3n) is 3.68. The van der Waals surface area contributed by atoms with E-state index in [1.165, 1.54) is 5.56 Å². The predicted octanol–water partition coefficient (Wildman–Crippen LogP) is 1.65. The molecular weight excluding hydrogens is 228 g/mol. The summed E-state index contributed by atoms with van der Waals surface area (Å²) >= 11 is 0. The summed E-state index contributed by atoms with van der Waals surface area (Å²) in [5, 5.41) is 3.38. The van der Waals surface area contributed by atoms with Crippen LogP contribution in [0.4, 0.5) is 5.69 Å². The number of carbonyl (C=O) groups is 1. The number of likely N-dealkylation sites (tertiary alicyclic amines) is 1. The van der Waals surface area contributed by atoms with Crippen LogP contribution in [0.25, 0.3) is 0 Å². The minimum Gasteiger partial charge on any atom is -0.478 e. The first-order chi connectivity index (χ1) is 8.75. The van der Waals surface area contributed by atoms with Crippen LogP contribution in [0.2, 0.25) is 0 Å². The largest absolute Gasteiger partial charge is 0.478 e. The first kappa shape index (κ1) is 11.4. The second-order valence-corrected chi connectivity index (χ2v) is 4.98. The SMILES string of the molecule is CN1CCC(Oc2cccc3c2NCCC3)C1=O. The number of anilines is 1. The van der Waals surface area contributed by atoms with E-state index in [1.807, 2.05) is 19.2 Å². The molecule has 4 nitrogen and oxygen atoms in total. The number of hydrogen-bond acceptors (Lipinski definition) is 3. The third kappa shape index (κ3) is 1.92. The molecule has 0 aromatic heterocycles. The maximum Gasteiger partial charge on any atom is 0.263 e. The summed E-state index contributed by atoms with van der Waals surface area (Å²) < 4.78 is 5.90. The molecule has 1 aromatic rings. The molecule has 2 aliphatic rings. The number of rotatable bonds is 2. The van der Waals surface area contributed by atoms with Crippen molar-refractivity contribution in [1.29, 1.82) is 0 Å². The van der Waals surface area contributed by atoms with Gasteiger partial charge in [0.05, 0.1) is 5.69 Å². The van der Waals surface area contributed by atoms with Crippen LogP contribution in [-0.2, 0) is 11.2 Å². The lowest BCUT2D eigenvalue weighted by molar-refractivity contribution is -0.132. The van der Waals surface area contributed by atoms with Crippen molar-refractivity contribution >= 4 is 11.6 Å². The van der Waals surface area contributed by atoms with E-state index in [4.69, 9.17) is 4.74 Å². The average Bonchev–Trinajstić information content (AvgIpc) is 2.71. The van der Waals surface area contributed by atoms with Crippen molar-refractivity contribution in [3.8, 4) is 5.75 Å². The van der Waals surface area contributed by atoms with Crippen LogP contribution in [0.5, 0.6) is 5.75 Å². The van der Waals surface area contributed by atoms with Crippen molar-refractivity contribution < 1.29 is 9.53 Å². The number of amides is 1. The standard InChI is InChI=1S/C14H18N2O2/c1-16-9-7-12(14(16)17)18-11-6-2-4-10-5-3-8-15-13(10)11/h2,4,6,12,15H,3,5,7-9H2,1H3. The molecule has 1 atom stereocenters. The molecule has 0 aliphatic carbocycles. The van der Waals surface area contributed by atoms with E-state index in [1.54, 1.807) is 4.90 Å². The zero-order valence-corrected chi connectivity index (χ0v) is 10.6. The molecule has 1 N–H and O–H groups in total. The second kappa shape index (κ2) is 4.52. The Balaban J connectivity index is 1.83. The van der Waals surface area contributed by atoms with E-state index >= 15 is 0 Å². The number of aryl methyl sites for hydroxylation is 1. The highest BCUT2D eigenvalue weighted by Gasteiger charge is 2.31. The van der Waals surface area contributed by atoms with Gasteiger partial charge in [-0.2, -0.15) is 0 Å². The highest BCUT2D eigenvalue weighted by atomic mass is 16.5. The molecule has 3 rings (SSSR count). The van der Waals surface area contributed by atoms with Gasteiger partial charge in [-0.15, -0.1) is 0 Å². The van der Waals surface area contributed by atoms with E-state index in [0.29, 0.717) is 0 Å². The van der Waals surface area contributed by atoms with Crippen LogP contribution in [0, 0.1) is 0 Å². The first-order valence-corrected chi connectivity index (χ1v) is 6.53. The molecule has 0 bridgehead atoms. The lowest BCUT2D eigenvalue weighted by atomic mass is 10.0. The number of ether oxygens (including phenoxy) is 1. The summed E-state index contributed by atoms with van der Waals surface area (Å²) in [6.07, 6.45) is 2.70. The van der Waals surface area contributed by atoms with Gasteiger partial charge in [0.25, 0.3) is 5.91 Å². The summed E-state index contributed by atoms with van der Waals surface area (Å²) in [6, 6.07) is 6.07. The van der Waals surface area contributed by atoms with Crippen LogP contribution in [0.15, 0.2) is 18.2 Å². The molecule has 96 valence electrons. The third-order valence-corrected chi connectivity index (χ3v) is 3.68. The van der Waals surface area contributed by atoms with Gasteiger partial charge in [0.2, 0.25) is 0 Å². The molecule has 18 heavy (non-hydrogen) atoms. The number of benzene rings is 1. The van der Waals surface area contributed by atoms with Gasteiger partial charge < -0.3 is 15.0 Å². The summed E-state index contributed by atoms with van der Waals surface area (Å²) in [5.41, 5.74) is 2.36. The molecule has 1 aromatic carbocycles. The Labute approximate surface area is 107 Å². The summed E-state index contributed by atoms with van der Waals surface area (Å²) in [4.78, 5) is 13.6. The number of nitrogens with zero attached hydrogens (tertiary/aromatic N) is 1. The molecule has 2 aliphatic heterocycles. The van der Waals surface area contributed by atoms with Gasteiger partial charge in [-0.05, 0) is 24.5 Å². The predicted molar refractivity (Wildman–Crippen MR) is 69.9 cm³/mol. The summed E-state index contributed by atoms with van der Waals surface area (Å²) in [7, 11) is 1.82.